The molecule has 0 spiro atoms. The highest BCUT2D eigenvalue weighted by Crippen LogP contribution is 2.28. The molecule has 1 unspecified atom stereocenters. The van der Waals surface area contributed by atoms with Crippen molar-refractivity contribution >= 4 is 22.8 Å². The SMILES string of the molecule is Cc1ccccc1-c1cc(C(=O)NC(C)C(=O)NCc2ccccc2)c2cnn(C(C)C)c2n1. The summed E-state index contributed by atoms with van der Waals surface area (Å²) in [6, 6.07) is 18.7. The summed E-state index contributed by atoms with van der Waals surface area (Å²) in [4.78, 5) is 30.8. The minimum Gasteiger partial charge on any atom is -0.350 e. The largest absolute Gasteiger partial charge is 0.350 e. The number of aromatic nitrogens is 3. The van der Waals surface area contributed by atoms with Gasteiger partial charge < -0.3 is 10.6 Å². The molecule has 0 aliphatic carbocycles. The molecule has 0 aliphatic heterocycles. The van der Waals surface area contributed by atoms with Gasteiger partial charge in [0.15, 0.2) is 5.65 Å². The zero-order valence-electron chi connectivity index (χ0n) is 19.9. The third-order valence-electron chi connectivity index (χ3n) is 5.77. The Bertz CT molecular complexity index is 1330. The number of amides is 2. The zero-order valence-corrected chi connectivity index (χ0v) is 19.9. The normalized spacial score (nSPS) is 12.0. The highest BCUT2D eigenvalue weighted by atomic mass is 16.2. The van der Waals surface area contributed by atoms with Gasteiger partial charge in [-0.1, -0.05) is 54.6 Å². The molecule has 34 heavy (non-hydrogen) atoms. The predicted molar refractivity (Wildman–Crippen MR) is 133 cm³/mol. The van der Waals surface area contributed by atoms with Crippen molar-refractivity contribution in [2.75, 3.05) is 0 Å². The minimum absolute atomic E-state index is 0.0794. The molecular weight excluding hydrogens is 426 g/mol. The summed E-state index contributed by atoms with van der Waals surface area (Å²) in [5.41, 5.74) is 4.78. The number of hydrogen-bond acceptors (Lipinski definition) is 4. The fraction of sp³-hybridized carbons (Fsp3) is 0.259. The van der Waals surface area contributed by atoms with Crippen LogP contribution in [0, 0.1) is 6.92 Å². The lowest BCUT2D eigenvalue weighted by Crippen LogP contribution is -2.44. The van der Waals surface area contributed by atoms with E-state index in [4.69, 9.17) is 4.98 Å². The Morgan fingerprint density at radius 1 is 1.00 bits per heavy atom. The van der Waals surface area contributed by atoms with Crippen molar-refractivity contribution < 1.29 is 9.59 Å². The summed E-state index contributed by atoms with van der Waals surface area (Å²) in [7, 11) is 0. The molecule has 0 aliphatic rings. The van der Waals surface area contributed by atoms with Gasteiger partial charge >= 0.3 is 0 Å². The number of carbonyl (C=O) groups excluding carboxylic acids is 2. The van der Waals surface area contributed by atoms with Crippen LogP contribution in [0.4, 0.5) is 0 Å². The Hall–Kier alpha value is -4.00. The van der Waals surface area contributed by atoms with Gasteiger partial charge in [-0.2, -0.15) is 5.10 Å². The second kappa shape index (κ2) is 9.87. The van der Waals surface area contributed by atoms with Gasteiger partial charge in [0.1, 0.15) is 6.04 Å². The van der Waals surface area contributed by atoms with E-state index in [0.29, 0.717) is 28.8 Å². The number of fused-ring (bicyclic) bond motifs is 1. The highest BCUT2D eigenvalue weighted by Gasteiger charge is 2.22. The average Bonchev–Trinajstić information content (AvgIpc) is 3.27. The molecule has 2 aromatic carbocycles. The van der Waals surface area contributed by atoms with E-state index in [1.165, 1.54) is 0 Å². The molecule has 0 radical (unpaired) electrons. The van der Waals surface area contributed by atoms with Gasteiger partial charge in [0.05, 0.1) is 22.8 Å². The molecule has 0 saturated heterocycles. The van der Waals surface area contributed by atoms with Crippen LogP contribution in [-0.2, 0) is 11.3 Å². The van der Waals surface area contributed by atoms with Crippen molar-refractivity contribution in [1.29, 1.82) is 0 Å². The van der Waals surface area contributed by atoms with E-state index in [-0.39, 0.29) is 17.9 Å². The van der Waals surface area contributed by atoms with Gasteiger partial charge in [-0.3, -0.25) is 9.59 Å². The standard InChI is InChI=1S/C27H29N5O2/c1-17(2)32-25-23(16-29-32)22(14-24(31-25)21-13-9-8-10-18(21)3)27(34)30-19(4)26(33)28-15-20-11-6-5-7-12-20/h5-14,16-17,19H,15H2,1-4H3,(H,28,33)(H,30,34). The maximum absolute atomic E-state index is 13.3. The van der Waals surface area contributed by atoms with Crippen LogP contribution in [0.15, 0.2) is 66.9 Å². The maximum Gasteiger partial charge on any atom is 0.252 e. The molecule has 7 nitrogen and oxygen atoms in total. The van der Waals surface area contributed by atoms with E-state index in [1.807, 2.05) is 80.1 Å². The molecule has 2 amide bonds. The lowest BCUT2D eigenvalue weighted by atomic mass is 10.0. The summed E-state index contributed by atoms with van der Waals surface area (Å²) < 4.78 is 1.81. The van der Waals surface area contributed by atoms with Crippen LogP contribution in [0.2, 0.25) is 0 Å². The first-order valence-corrected chi connectivity index (χ1v) is 11.4. The average molecular weight is 456 g/mol. The monoisotopic (exact) mass is 455 g/mol. The number of rotatable bonds is 7. The smallest absolute Gasteiger partial charge is 0.252 e. The van der Waals surface area contributed by atoms with E-state index < -0.39 is 6.04 Å². The molecule has 2 N–H and O–H groups in total. The van der Waals surface area contributed by atoms with Crippen LogP contribution in [0.25, 0.3) is 22.3 Å². The Morgan fingerprint density at radius 2 is 1.71 bits per heavy atom. The van der Waals surface area contributed by atoms with Gasteiger partial charge in [0, 0.05) is 18.2 Å². The van der Waals surface area contributed by atoms with Gasteiger partial charge in [-0.05, 0) is 44.9 Å². The number of hydrogen-bond donors (Lipinski definition) is 2. The zero-order chi connectivity index (χ0) is 24.2. The van der Waals surface area contributed by atoms with Crippen LogP contribution < -0.4 is 10.6 Å². The molecule has 7 heteroatoms. The van der Waals surface area contributed by atoms with Crippen LogP contribution >= 0.6 is 0 Å². The van der Waals surface area contributed by atoms with Crippen molar-refractivity contribution in [3.63, 3.8) is 0 Å². The molecule has 0 fully saturated rings. The molecule has 0 bridgehead atoms. The first-order valence-electron chi connectivity index (χ1n) is 11.4. The van der Waals surface area contributed by atoms with E-state index in [2.05, 4.69) is 15.7 Å². The highest BCUT2D eigenvalue weighted by molar-refractivity contribution is 6.07. The number of benzene rings is 2. The minimum atomic E-state index is -0.707. The predicted octanol–water partition coefficient (Wildman–Crippen LogP) is 4.42. The first-order chi connectivity index (χ1) is 16.3. The second-order valence-corrected chi connectivity index (χ2v) is 8.69. The molecule has 174 valence electrons. The molecule has 4 rings (SSSR count). The second-order valence-electron chi connectivity index (χ2n) is 8.69. The van der Waals surface area contributed by atoms with Crippen molar-refractivity contribution in [2.45, 2.75) is 46.3 Å². The van der Waals surface area contributed by atoms with Gasteiger partial charge in [0.25, 0.3) is 5.91 Å². The van der Waals surface area contributed by atoms with E-state index in [9.17, 15) is 9.59 Å². The quantitative estimate of drug-likeness (QED) is 0.432. The topological polar surface area (TPSA) is 88.9 Å². The van der Waals surface area contributed by atoms with E-state index in [0.717, 1.165) is 16.7 Å². The Balaban J connectivity index is 1.62. The lowest BCUT2D eigenvalue weighted by Gasteiger charge is -2.16. The number of nitrogens with zero attached hydrogens (tertiary/aromatic N) is 3. The Kier molecular flexibility index (Phi) is 6.72. The summed E-state index contributed by atoms with van der Waals surface area (Å²) >= 11 is 0. The van der Waals surface area contributed by atoms with Crippen molar-refractivity contribution in [1.82, 2.24) is 25.4 Å². The summed E-state index contributed by atoms with van der Waals surface area (Å²) in [6.07, 6.45) is 1.67. The Morgan fingerprint density at radius 3 is 2.41 bits per heavy atom. The van der Waals surface area contributed by atoms with Crippen molar-refractivity contribution in [2.24, 2.45) is 0 Å². The molecule has 4 aromatic rings. The number of carbonyl (C=O) groups is 2. The molecule has 0 saturated carbocycles. The van der Waals surface area contributed by atoms with Crippen molar-refractivity contribution in [3.8, 4) is 11.3 Å². The number of pyridine rings is 1. The van der Waals surface area contributed by atoms with Crippen LogP contribution in [0.1, 0.15) is 48.3 Å². The summed E-state index contributed by atoms with van der Waals surface area (Å²) in [6.45, 7) is 8.13. The molecular formula is C27H29N5O2. The fourth-order valence-corrected chi connectivity index (χ4v) is 3.86. The van der Waals surface area contributed by atoms with Crippen LogP contribution in [-0.4, -0.2) is 32.6 Å². The number of aryl methyl sites for hydroxylation is 1. The van der Waals surface area contributed by atoms with Crippen LogP contribution in [0.5, 0.6) is 0 Å². The van der Waals surface area contributed by atoms with E-state index >= 15 is 0 Å². The van der Waals surface area contributed by atoms with Gasteiger partial charge in [-0.25, -0.2) is 9.67 Å². The molecule has 2 heterocycles. The van der Waals surface area contributed by atoms with Crippen molar-refractivity contribution in [3.05, 3.63) is 83.6 Å². The first kappa shape index (κ1) is 23.2. The van der Waals surface area contributed by atoms with E-state index in [1.54, 1.807) is 19.2 Å². The third kappa shape index (κ3) is 4.83. The third-order valence-corrected chi connectivity index (χ3v) is 5.77. The summed E-state index contributed by atoms with van der Waals surface area (Å²) in [5, 5.41) is 10.8. The summed E-state index contributed by atoms with van der Waals surface area (Å²) in [5.74, 6) is -0.590. The molecule has 2 aromatic heterocycles. The van der Waals surface area contributed by atoms with Crippen LogP contribution in [0.3, 0.4) is 0 Å². The number of nitrogens with one attached hydrogen (secondary N) is 2. The van der Waals surface area contributed by atoms with Gasteiger partial charge in [0.2, 0.25) is 5.91 Å². The maximum atomic E-state index is 13.3. The fourth-order valence-electron chi connectivity index (χ4n) is 3.86. The molecule has 1 atom stereocenters. The lowest BCUT2D eigenvalue weighted by molar-refractivity contribution is -0.122. The Labute approximate surface area is 199 Å². The van der Waals surface area contributed by atoms with Gasteiger partial charge in [-0.15, -0.1) is 0 Å².